The lowest BCUT2D eigenvalue weighted by molar-refractivity contribution is -0.149. The minimum atomic E-state index is -4.08. The molecule has 21 heavy (non-hydrogen) atoms. The van der Waals surface area contributed by atoms with E-state index in [4.69, 9.17) is 0 Å². The van der Waals surface area contributed by atoms with Crippen LogP contribution in [0.3, 0.4) is 0 Å². The highest BCUT2D eigenvalue weighted by molar-refractivity contribution is 8.00. The van der Waals surface area contributed by atoms with Crippen LogP contribution in [0.2, 0.25) is 0 Å². The van der Waals surface area contributed by atoms with E-state index in [2.05, 4.69) is 29.2 Å². The molecule has 1 aromatic carbocycles. The molecule has 2 nitrogen and oxygen atoms in total. The van der Waals surface area contributed by atoms with Gasteiger partial charge < -0.3 is 0 Å². The van der Waals surface area contributed by atoms with E-state index in [1.807, 2.05) is 11.8 Å². The first kappa shape index (κ1) is 15.2. The van der Waals surface area contributed by atoms with Gasteiger partial charge in [-0.25, -0.2) is 0 Å². The Labute approximate surface area is 127 Å². The molecule has 0 saturated carbocycles. The van der Waals surface area contributed by atoms with Gasteiger partial charge in [0.2, 0.25) is 0 Å². The summed E-state index contributed by atoms with van der Waals surface area (Å²) >= 11 is 1.91. The van der Waals surface area contributed by atoms with Crippen molar-refractivity contribution in [3.05, 3.63) is 29.8 Å². The van der Waals surface area contributed by atoms with Crippen molar-refractivity contribution in [1.82, 2.24) is 9.80 Å². The summed E-state index contributed by atoms with van der Waals surface area (Å²) in [6.07, 6.45) is -3.01. The summed E-state index contributed by atoms with van der Waals surface area (Å²) in [6, 6.07) is 8.45. The minimum Gasteiger partial charge on any atom is -0.300 e. The van der Waals surface area contributed by atoms with Gasteiger partial charge in [-0.15, -0.1) is 11.8 Å². The van der Waals surface area contributed by atoms with Crippen molar-refractivity contribution < 1.29 is 13.2 Å². The number of halogens is 3. The molecule has 2 aliphatic rings. The second kappa shape index (κ2) is 6.18. The standard InChI is InChI=1S/C15H19F3N2S/c16-15(17,18)11-20-7-5-19(6-8-20)10-13-9-12-3-1-2-4-14(12)21-13/h1-4,13H,5-11H2. The number of fused-ring (bicyclic) bond motifs is 1. The third-order valence-electron chi connectivity index (χ3n) is 4.04. The fraction of sp³-hybridized carbons (Fsp3) is 0.600. The zero-order chi connectivity index (χ0) is 14.9. The van der Waals surface area contributed by atoms with Crippen LogP contribution in [0.15, 0.2) is 29.2 Å². The summed E-state index contributed by atoms with van der Waals surface area (Å²) in [6.45, 7) is 2.71. The van der Waals surface area contributed by atoms with Crippen LogP contribution in [0.25, 0.3) is 0 Å². The maximum absolute atomic E-state index is 12.4. The smallest absolute Gasteiger partial charge is 0.300 e. The van der Waals surface area contributed by atoms with E-state index in [-0.39, 0.29) is 0 Å². The van der Waals surface area contributed by atoms with Crippen LogP contribution >= 0.6 is 11.8 Å². The van der Waals surface area contributed by atoms with Gasteiger partial charge >= 0.3 is 6.18 Å². The molecule has 0 spiro atoms. The van der Waals surface area contributed by atoms with Gasteiger partial charge in [0.1, 0.15) is 0 Å². The third-order valence-corrected chi connectivity index (χ3v) is 5.34. The second-order valence-electron chi connectivity index (χ2n) is 5.74. The summed E-state index contributed by atoms with van der Waals surface area (Å²) in [4.78, 5) is 5.17. The van der Waals surface area contributed by atoms with Crippen LogP contribution in [0.4, 0.5) is 13.2 Å². The fourth-order valence-corrected chi connectivity index (χ4v) is 4.39. The summed E-state index contributed by atoms with van der Waals surface area (Å²) in [5.74, 6) is 0. The molecule has 0 radical (unpaired) electrons. The van der Waals surface area contributed by atoms with Gasteiger partial charge in [-0.05, 0) is 18.1 Å². The van der Waals surface area contributed by atoms with E-state index >= 15 is 0 Å². The molecule has 0 aliphatic carbocycles. The van der Waals surface area contributed by atoms with Crippen LogP contribution in [0.5, 0.6) is 0 Å². The van der Waals surface area contributed by atoms with Crippen molar-refractivity contribution in [3.63, 3.8) is 0 Å². The van der Waals surface area contributed by atoms with Gasteiger partial charge in [-0.1, -0.05) is 18.2 Å². The van der Waals surface area contributed by atoms with Gasteiger partial charge in [0.05, 0.1) is 6.54 Å². The predicted molar refractivity (Wildman–Crippen MR) is 78.7 cm³/mol. The Balaban J connectivity index is 1.45. The quantitative estimate of drug-likeness (QED) is 0.847. The summed E-state index contributed by atoms with van der Waals surface area (Å²) in [7, 11) is 0. The molecule has 2 aliphatic heterocycles. The molecule has 1 atom stereocenters. The molecular formula is C15H19F3N2S. The Kier molecular flexibility index (Phi) is 4.47. The number of piperazine rings is 1. The fourth-order valence-electron chi connectivity index (χ4n) is 3.03. The molecular weight excluding hydrogens is 297 g/mol. The maximum atomic E-state index is 12.4. The van der Waals surface area contributed by atoms with Crippen molar-refractivity contribution in [2.75, 3.05) is 39.3 Å². The van der Waals surface area contributed by atoms with Crippen LogP contribution in [0.1, 0.15) is 5.56 Å². The van der Waals surface area contributed by atoms with Crippen molar-refractivity contribution in [2.45, 2.75) is 22.7 Å². The van der Waals surface area contributed by atoms with Crippen molar-refractivity contribution in [3.8, 4) is 0 Å². The first-order valence-electron chi connectivity index (χ1n) is 7.26. The molecule has 6 heteroatoms. The summed E-state index contributed by atoms with van der Waals surface area (Å²) in [5, 5.41) is 0.538. The molecule has 1 fully saturated rings. The van der Waals surface area contributed by atoms with Crippen LogP contribution in [0, 0.1) is 0 Å². The van der Waals surface area contributed by atoms with E-state index < -0.39 is 12.7 Å². The number of thioether (sulfide) groups is 1. The van der Waals surface area contributed by atoms with Crippen LogP contribution in [-0.4, -0.2) is 60.5 Å². The number of hydrogen-bond donors (Lipinski definition) is 0. The number of nitrogens with zero attached hydrogens (tertiary/aromatic N) is 2. The Morgan fingerprint density at radius 3 is 2.38 bits per heavy atom. The topological polar surface area (TPSA) is 6.48 Å². The van der Waals surface area contributed by atoms with Gasteiger partial charge in [0.25, 0.3) is 0 Å². The largest absolute Gasteiger partial charge is 0.401 e. The lowest BCUT2D eigenvalue weighted by atomic mass is 10.1. The van der Waals surface area contributed by atoms with E-state index in [0.717, 1.165) is 26.1 Å². The molecule has 2 heterocycles. The van der Waals surface area contributed by atoms with Crippen molar-refractivity contribution in [1.29, 1.82) is 0 Å². The average Bonchev–Trinajstić information content (AvgIpc) is 2.81. The molecule has 116 valence electrons. The summed E-state index contributed by atoms with van der Waals surface area (Å²) in [5.41, 5.74) is 1.41. The highest BCUT2D eigenvalue weighted by Crippen LogP contribution is 2.37. The van der Waals surface area contributed by atoms with E-state index in [1.165, 1.54) is 15.4 Å². The minimum absolute atomic E-state index is 0.518. The summed E-state index contributed by atoms with van der Waals surface area (Å²) < 4.78 is 37.1. The first-order chi connectivity index (χ1) is 9.99. The SMILES string of the molecule is FC(F)(F)CN1CCN(CC2Cc3ccccc3S2)CC1. The molecule has 0 N–H and O–H groups in total. The lowest BCUT2D eigenvalue weighted by Gasteiger charge is -2.35. The van der Waals surface area contributed by atoms with E-state index in [1.54, 1.807) is 0 Å². The van der Waals surface area contributed by atoms with E-state index in [9.17, 15) is 13.2 Å². The highest BCUT2D eigenvalue weighted by Gasteiger charge is 2.32. The number of rotatable bonds is 3. The monoisotopic (exact) mass is 316 g/mol. The number of hydrogen-bond acceptors (Lipinski definition) is 3. The Morgan fingerprint density at radius 1 is 1.05 bits per heavy atom. The molecule has 0 aromatic heterocycles. The Bertz CT molecular complexity index is 459. The molecule has 1 aromatic rings. The molecule has 1 unspecified atom stereocenters. The van der Waals surface area contributed by atoms with Gasteiger partial charge in [-0.3, -0.25) is 9.80 Å². The molecule has 0 bridgehead atoms. The van der Waals surface area contributed by atoms with Gasteiger partial charge in [0, 0.05) is 42.9 Å². The van der Waals surface area contributed by atoms with Crippen molar-refractivity contribution in [2.24, 2.45) is 0 Å². The maximum Gasteiger partial charge on any atom is 0.401 e. The Hall–Kier alpha value is -0.720. The normalized spacial score (nSPS) is 24.2. The molecule has 3 rings (SSSR count). The van der Waals surface area contributed by atoms with Crippen LogP contribution < -0.4 is 0 Å². The first-order valence-corrected chi connectivity index (χ1v) is 8.13. The number of benzene rings is 1. The average molecular weight is 316 g/mol. The number of alkyl halides is 3. The lowest BCUT2D eigenvalue weighted by Crippen LogP contribution is -2.50. The van der Waals surface area contributed by atoms with E-state index in [0.29, 0.717) is 18.3 Å². The van der Waals surface area contributed by atoms with Gasteiger partial charge in [-0.2, -0.15) is 13.2 Å². The van der Waals surface area contributed by atoms with Crippen LogP contribution in [-0.2, 0) is 6.42 Å². The van der Waals surface area contributed by atoms with Crippen molar-refractivity contribution >= 4 is 11.8 Å². The van der Waals surface area contributed by atoms with Gasteiger partial charge in [0.15, 0.2) is 0 Å². The zero-order valence-electron chi connectivity index (χ0n) is 11.8. The second-order valence-corrected chi connectivity index (χ2v) is 7.09. The Morgan fingerprint density at radius 2 is 1.71 bits per heavy atom. The highest BCUT2D eigenvalue weighted by atomic mass is 32.2. The zero-order valence-corrected chi connectivity index (χ0v) is 12.6. The predicted octanol–water partition coefficient (Wildman–Crippen LogP) is 2.88. The third kappa shape index (κ3) is 4.14. The molecule has 1 saturated heterocycles. The molecule has 0 amide bonds.